The Morgan fingerprint density at radius 3 is 2.52 bits per heavy atom. The molecular formula is C16H16BrN3O3. The van der Waals surface area contributed by atoms with Crippen LogP contribution in [-0.4, -0.2) is 28.4 Å². The zero-order valence-electron chi connectivity index (χ0n) is 12.4. The first-order valence-corrected chi connectivity index (χ1v) is 7.60. The van der Waals surface area contributed by atoms with E-state index in [9.17, 15) is 15.0 Å². The molecule has 0 aliphatic heterocycles. The van der Waals surface area contributed by atoms with E-state index in [1.807, 2.05) is 24.3 Å². The van der Waals surface area contributed by atoms with Crippen molar-refractivity contribution >= 4 is 33.2 Å². The number of carbonyl (C=O) groups excluding carboxylic acids is 1. The Bertz CT molecular complexity index is 730. The molecule has 2 aromatic rings. The number of halogens is 1. The van der Waals surface area contributed by atoms with E-state index < -0.39 is 0 Å². The molecule has 0 saturated carbocycles. The van der Waals surface area contributed by atoms with Gasteiger partial charge in [-0.05, 0) is 43.3 Å². The Hall–Kier alpha value is -2.54. The summed E-state index contributed by atoms with van der Waals surface area (Å²) in [4.78, 5) is 11.8. The van der Waals surface area contributed by atoms with Crippen molar-refractivity contribution in [2.24, 2.45) is 5.10 Å². The smallest absolute Gasteiger partial charge is 0.259 e. The van der Waals surface area contributed by atoms with Crippen LogP contribution < -0.4 is 10.7 Å². The molecule has 0 radical (unpaired) electrons. The van der Waals surface area contributed by atoms with Gasteiger partial charge in [0.1, 0.15) is 11.5 Å². The molecule has 0 aromatic heterocycles. The maximum absolute atomic E-state index is 11.8. The van der Waals surface area contributed by atoms with Gasteiger partial charge in [0, 0.05) is 21.8 Å². The van der Waals surface area contributed by atoms with Crippen LogP contribution in [-0.2, 0) is 4.79 Å². The van der Waals surface area contributed by atoms with Crippen LogP contribution in [0.3, 0.4) is 0 Å². The fraction of sp³-hybridized carbons (Fsp3) is 0.125. The maximum Gasteiger partial charge on any atom is 0.259 e. The van der Waals surface area contributed by atoms with Gasteiger partial charge in [-0.3, -0.25) is 4.79 Å². The van der Waals surface area contributed by atoms with E-state index in [0.717, 1.165) is 10.2 Å². The van der Waals surface area contributed by atoms with Crippen LogP contribution in [0.2, 0.25) is 0 Å². The molecule has 0 bridgehead atoms. The highest BCUT2D eigenvalue weighted by molar-refractivity contribution is 9.10. The van der Waals surface area contributed by atoms with E-state index in [2.05, 4.69) is 31.8 Å². The first kappa shape index (κ1) is 16.8. The highest BCUT2D eigenvalue weighted by atomic mass is 79.9. The molecule has 4 N–H and O–H groups in total. The van der Waals surface area contributed by atoms with Gasteiger partial charge >= 0.3 is 0 Å². The van der Waals surface area contributed by atoms with Gasteiger partial charge in [-0.15, -0.1) is 0 Å². The SMILES string of the molecule is C/C(=N/NC(=O)CNc1ccc(Br)cc1)c1ccc(O)cc1O. The third-order valence-corrected chi connectivity index (χ3v) is 3.55. The van der Waals surface area contributed by atoms with Gasteiger partial charge in [-0.1, -0.05) is 15.9 Å². The van der Waals surface area contributed by atoms with Gasteiger partial charge in [0.2, 0.25) is 0 Å². The molecule has 0 fully saturated rings. The molecule has 0 saturated heterocycles. The molecule has 7 heteroatoms. The molecule has 6 nitrogen and oxygen atoms in total. The normalized spacial score (nSPS) is 11.1. The molecule has 0 atom stereocenters. The van der Waals surface area contributed by atoms with E-state index in [4.69, 9.17) is 0 Å². The second-order valence-corrected chi connectivity index (χ2v) is 5.71. The largest absolute Gasteiger partial charge is 0.508 e. The van der Waals surface area contributed by atoms with E-state index in [1.165, 1.54) is 18.2 Å². The Morgan fingerprint density at radius 2 is 1.87 bits per heavy atom. The number of nitrogens with zero attached hydrogens (tertiary/aromatic N) is 1. The van der Waals surface area contributed by atoms with Gasteiger partial charge < -0.3 is 15.5 Å². The van der Waals surface area contributed by atoms with Crippen molar-refractivity contribution in [2.75, 3.05) is 11.9 Å². The molecule has 2 aromatic carbocycles. The first-order valence-electron chi connectivity index (χ1n) is 6.80. The fourth-order valence-corrected chi connectivity index (χ4v) is 2.09. The van der Waals surface area contributed by atoms with Gasteiger partial charge in [0.05, 0.1) is 12.3 Å². The summed E-state index contributed by atoms with van der Waals surface area (Å²) >= 11 is 3.34. The van der Waals surface area contributed by atoms with Crippen LogP contribution >= 0.6 is 15.9 Å². The number of hydrogen-bond acceptors (Lipinski definition) is 5. The lowest BCUT2D eigenvalue weighted by molar-refractivity contribution is -0.119. The first-order chi connectivity index (χ1) is 11.0. The number of benzene rings is 2. The van der Waals surface area contributed by atoms with Crippen molar-refractivity contribution in [3.8, 4) is 11.5 Å². The predicted octanol–water partition coefficient (Wildman–Crippen LogP) is 2.81. The highest BCUT2D eigenvalue weighted by Crippen LogP contribution is 2.22. The van der Waals surface area contributed by atoms with Crippen molar-refractivity contribution in [3.05, 3.63) is 52.5 Å². The fourth-order valence-electron chi connectivity index (χ4n) is 1.82. The molecule has 0 aliphatic rings. The molecule has 0 unspecified atom stereocenters. The van der Waals surface area contributed by atoms with Crippen molar-refractivity contribution in [1.29, 1.82) is 0 Å². The summed E-state index contributed by atoms with van der Waals surface area (Å²) in [7, 11) is 0. The van der Waals surface area contributed by atoms with Gasteiger partial charge in [-0.25, -0.2) is 5.43 Å². The maximum atomic E-state index is 11.8. The highest BCUT2D eigenvalue weighted by Gasteiger charge is 2.06. The number of hydrogen-bond donors (Lipinski definition) is 4. The molecule has 0 heterocycles. The number of hydrazone groups is 1. The van der Waals surface area contributed by atoms with Gasteiger partial charge in [-0.2, -0.15) is 5.10 Å². The summed E-state index contributed by atoms with van der Waals surface area (Å²) in [6.07, 6.45) is 0. The average molecular weight is 378 g/mol. The molecule has 2 rings (SSSR count). The third kappa shape index (κ3) is 5.00. The van der Waals surface area contributed by atoms with Crippen LogP contribution in [0.25, 0.3) is 0 Å². The van der Waals surface area contributed by atoms with E-state index in [1.54, 1.807) is 6.92 Å². The Kier molecular flexibility index (Phi) is 5.59. The van der Waals surface area contributed by atoms with E-state index in [0.29, 0.717) is 11.3 Å². The second kappa shape index (κ2) is 7.64. The summed E-state index contributed by atoms with van der Waals surface area (Å²) < 4.78 is 0.960. The average Bonchev–Trinajstić information content (AvgIpc) is 2.52. The van der Waals surface area contributed by atoms with Crippen molar-refractivity contribution < 1.29 is 15.0 Å². The number of amides is 1. The minimum Gasteiger partial charge on any atom is -0.508 e. The van der Waals surface area contributed by atoms with Crippen LogP contribution in [0.1, 0.15) is 12.5 Å². The monoisotopic (exact) mass is 377 g/mol. The standard InChI is InChI=1S/C16H16BrN3O3/c1-10(14-7-6-13(21)8-15(14)22)19-20-16(23)9-18-12-4-2-11(17)3-5-12/h2-8,18,21-22H,9H2,1H3,(H,20,23)/b19-10-. The second-order valence-electron chi connectivity index (χ2n) is 4.79. The molecule has 120 valence electrons. The van der Waals surface area contributed by atoms with Crippen molar-refractivity contribution in [3.63, 3.8) is 0 Å². The topological polar surface area (TPSA) is 94.0 Å². The summed E-state index contributed by atoms with van der Waals surface area (Å²) in [5.41, 5.74) is 4.09. The quantitative estimate of drug-likeness (QED) is 0.476. The third-order valence-electron chi connectivity index (χ3n) is 3.02. The van der Waals surface area contributed by atoms with Crippen LogP contribution in [0.5, 0.6) is 11.5 Å². The van der Waals surface area contributed by atoms with Crippen LogP contribution in [0.4, 0.5) is 5.69 Å². The lowest BCUT2D eigenvalue weighted by Gasteiger charge is -2.07. The number of phenols is 2. The van der Waals surface area contributed by atoms with Gasteiger partial charge in [0.15, 0.2) is 0 Å². The summed E-state index contributed by atoms with van der Waals surface area (Å²) in [6.45, 7) is 1.72. The van der Waals surface area contributed by atoms with E-state index in [-0.39, 0.29) is 24.0 Å². The Balaban J connectivity index is 1.90. The zero-order chi connectivity index (χ0) is 16.8. The van der Waals surface area contributed by atoms with Gasteiger partial charge in [0.25, 0.3) is 5.91 Å². The van der Waals surface area contributed by atoms with E-state index >= 15 is 0 Å². The number of nitrogens with one attached hydrogen (secondary N) is 2. The number of carbonyl (C=O) groups is 1. The Morgan fingerprint density at radius 1 is 1.17 bits per heavy atom. The minimum atomic E-state index is -0.314. The summed E-state index contributed by atoms with van der Waals surface area (Å²) in [6, 6.07) is 11.6. The minimum absolute atomic E-state index is 0.0400. The lowest BCUT2D eigenvalue weighted by Crippen LogP contribution is -2.26. The number of anilines is 1. The molecule has 23 heavy (non-hydrogen) atoms. The number of rotatable bonds is 5. The molecule has 0 aliphatic carbocycles. The molecule has 1 amide bonds. The van der Waals surface area contributed by atoms with Crippen LogP contribution in [0, 0.1) is 0 Å². The van der Waals surface area contributed by atoms with Crippen molar-refractivity contribution in [2.45, 2.75) is 6.92 Å². The summed E-state index contributed by atoms with van der Waals surface area (Å²) in [5, 5.41) is 25.9. The summed E-state index contributed by atoms with van der Waals surface area (Å²) in [5.74, 6) is -0.458. The van der Waals surface area contributed by atoms with Crippen LogP contribution in [0.15, 0.2) is 52.0 Å². The predicted molar refractivity (Wildman–Crippen MR) is 92.8 cm³/mol. The lowest BCUT2D eigenvalue weighted by atomic mass is 10.1. The van der Waals surface area contributed by atoms with Crippen molar-refractivity contribution in [1.82, 2.24) is 5.43 Å². The number of aromatic hydroxyl groups is 2. The zero-order valence-corrected chi connectivity index (χ0v) is 14.0. The molecule has 0 spiro atoms. The Labute approximate surface area is 142 Å². The molecular weight excluding hydrogens is 362 g/mol. The number of phenolic OH excluding ortho intramolecular Hbond substituents is 2.